The third-order valence-electron chi connectivity index (χ3n) is 4.47. The molecule has 2 rings (SSSR count). The van der Waals surface area contributed by atoms with Crippen LogP contribution in [0.3, 0.4) is 0 Å². The van der Waals surface area contributed by atoms with Gasteiger partial charge in [0.25, 0.3) is 5.69 Å². The third-order valence-corrected chi connectivity index (χ3v) is 4.47. The first-order chi connectivity index (χ1) is 13.9. The minimum Gasteiger partial charge on any atom is -0.493 e. The zero-order valence-corrected chi connectivity index (χ0v) is 16.9. The molecule has 10 heteroatoms. The average Bonchev–Trinajstić information content (AvgIpc) is 2.70. The van der Waals surface area contributed by atoms with Crippen molar-refractivity contribution in [1.82, 2.24) is 10.6 Å². The minimum absolute atomic E-state index is 0.0968. The largest absolute Gasteiger partial charge is 0.493 e. The molecule has 0 aliphatic carbocycles. The molecular formula is C19H25N3O7. The van der Waals surface area contributed by atoms with Crippen molar-refractivity contribution in [2.75, 3.05) is 20.8 Å². The van der Waals surface area contributed by atoms with Crippen molar-refractivity contribution in [2.45, 2.75) is 39.2 Å². The molecule has 0 saturated heterocycles. The van der Waals surface area contributed by atoms with Gasteiger partial charge < -0.3 is 24.8 Å². The van der Waals surface area contributed by atoms with E-state index in [1.807, 2.05) is 6.92 Å². The van der Waals surface area contributed by atoms with Crippen molar-refractivity contribution < 1.29 is 28.7 Å². The second-order valence-electron chi connectivity index (χ2n) is 6.27. The molecule has 1 unspecified atom stereocenters. The molecule has 0 aromatic heterocycles. The zero-order chi connectivity index (χ0) is 21.6. The highest BCUT2D eigenvalue weighted by atomic mass is 16.6. The van der Waals surface area contributed by atoms with Gasteiger partial charge in [-0.05, 0) is 25.8 Å². The molecule has 2 N–H and O–H groups in total. The summed E-state index contributed by atoms with van der Waals surface area (Å²) >= 11 is 0. The standard InChI is InChI=1S/C19H25N3O7/c1-5-7-8-12-16(18(23)29-6-2)17(21-19(24)20-12)11-9-14(27-3)15(28-4)10-13(11)22(25)26/h9-10,17H,5-8H2,1-4H3,(H2,20,21,24). The van der Waals surface area contributed by atoms with E-state index in [9.17, 15) is 19.7 Å². The molecule has 1 aromatic rings. The molecule has 29 heavy (non-hydrogen) atoms. The van der Waals surface area contributed by atoms with Crippen molar-refractivity contribution in [2.24, 2.45) is 0 Å². The monoisotopic (exact) mass is 407 g/mol. The first kappa shape index (κ1) is 22.0. The Morgan fingerprint density at radius 2 is 1.86 bits per heavy atom. The molecule has 1 aliphatic heterocycles. The van der Waals surface area contributed by atoms with E-state index in [4.69, 9.17) is 14.2 Å². The van der Waals surface area contributed by atoms with Crippen LogP contribution in [0.15, 0.2) is 23.4 Å². The maximum Gasteiger partial charge on any atom is 0.338 e. The van der Waals surface area contributed by atoms with E-state index in [1.54, 1.807) is 6.92 Å². The zero-order valence-electron chi connectivity index (χ0n) is 16.9. The number of carbonyl (C=O) groups is 2. The van der Waals surface area contributed by atoms with Crippen LogP contribution in [-0.4, -0.2) is 37.8 Å². The second kappa shape index (κ2) is 9.76. The smallest absolute Gasteiger partial charge is 0.338 e. The fourth-order valence-electron chi connectivity index (χ4n) is 3.13. The Labute approximate surface area is 168 Å². The normalized spacial score (nSPS) is 16.0. The molecule has 2 amide bonds. The third kappa shape index (κ3) is 4.76. The van der Waals surface area contributed by atoms with Crippen molar-refractivity contribution in [3.63, 3.8) is 0 Å². The van der Waals surface area contributed by atoms with Crippen molar-refractivity contribution >= 4 is 17.7 Å². The van der Waals surface area contributed by atoms with Crippen molar-refractivity contribution in [1.29, 1.82) is 0 Å². The molecule has 0 radical (unpaired) electrons. The van der Waals surface area contributed by atoms with Crippen LogP contribution >= 0.6 is 0 Å². The summed E-state index contributed by atoms with van der Waals surface area (Å²) in [5.41, 5.74) is 0.310. The Bertz CT molecular complexity index is 835. The van der Waals surface area contributed by atoms with Crippen LogP contribution in [0, 0.1) is 10.1 Å². The Morgan fingerprint density at radius 3 is 2.41 bits per heavy atom. The van der Waals surface area contributed by atoms with Crippen LogP contribution in [0.1, 0.15) is 44.7 Å². The maximum atomic E-state index is 12.7. The maximum absolute atomic E-state index is 12.7. The number of nitrogens with one attached hydrogen (secondary N) is 2. The fourth-order valence-corrected chi connectivity index (χ4v) is 3.13. The summed E-state index contributed by atoms with van der Waals surface area (Å²) in [5.74, 6) is -0.254. The van der Waals surface area contributed by atoms with Gasteiger partial charge in [-0.3, -0.25) is 10.1 Å². The number of allylic oxidation sites excluding steroid dienone is 1. The summed E-state index contributed by atoms with van der Waals surface area (Å²) in [7, 11) is 2.75. The first-order valence-electron chi connectivity index (χ1n) is 9.25. The SMILES string of the molecule is CCCCC1=C(C(=O)OCC)C(c2cc(OC)c(OC)cc2[N+](=O)[O-])NC(=O)N1. The highest BCUT2D eigenvalue weighted by molar-refractivity contribution is 5.95. The molecule has 10 nitrogen and oxygen atoms in total. The van der Waals surface area contributed by atoms with Crippen LogP contribution in [0.25, 0.3) is 0 Å². The molecule has 1 atom stereocenters. The Balaban J connectivity index is 2.72. The van der Waals surface area contributed by atoms with E-state index in [-0.39, 0.29) is 34.9 Å². The summed E-state index contributed by atoms with van der Waals surface area (Å²) in [5, 5.41) is 17.0. The number of nitro groups is 1. The van der Waals surface area contributed by atoms with Gasteiger partial charge in [-0.2, -0.15) is 0 Å². The molecule has 0 spiro atoms. The lowest BCUT2D eigenvalue weighted by Crippen LogP contribution is -2.46. The molecular weight excluding hydrogens is 382 g/mol. The van der Waals surface area contributed by atoms with Gasteiger partial charge in [0.2, 0.25) is 0 Å². The van der Waals surface area contributed by atoms with E-state index < -0.39 is 23.0 Å². The molecule has 0 fully saturated rings. The van der Waals surface area contributed by atoms with Crippen LogP contribution in [0.4, 0.5) is 10.5 Å². The van der Waals surface area contributed by atoms with Crippen molar-refractivity contribution in [3.05, 3.63) is 39.1 Å². The number of nitrogens with zero attached hydrogens (tertiary/aromatic N) is 1. The molecule has 0 saturated carbocycles. The molecule has 158 valence electrons. The predicted molar refractivity (Wildman–Crippen MR) is 104 cm³/mol. The van der Waals surface area contributed by atoms with Crippen LogP contribution < -0.4 is 20.1 Å². The van der Waals surface area contributed by atoms with Gasteiger partial charge >= 0.3 is 12.0 Å². The second-order valence-corrected chi connectivity index (χ2v) is 6.27. The number of hydrogen-bond donors (Lipinski definition) is 2. The highest BCUT2D eigenvalue weighted by Crippen LogP contribution is 2.41. The van der Waals surface area contributed by atoms with E-state index >= 15 is 0 Å². The van der Waals surface area contributed by atoms with E-state index in [2.05, 4.69) is 10.6 Å². The van der Waals surface area contributed by atoms with Gasteiger partial charge in [0, 0.05) is 5.70 Å². The number of urea groups is 1. The van der Waals surface area contributed by atoms with Gasteiger partial charge in [-0.25, -0.2) is 9.59 Å². The number of hydrogen-bond acceptors (Lipinski definition) is 7. The lowest BCUT2D eigenvalue weighted by Gasteiger charge is -2.29. The number of esters is 1. The van der Waals surface area contributed by atoms with Gasteiger partial charge in [0.15, 0.2) is 11.5 Å². The number of unbranched alkanes of at least 4 members (excludes halogenated alkanes) is 1. The number of amides is 2. The number of nitro benzene ring substituents is 1. The van der Waals surface area contributed by atoms with Gasteiger partial charge in [0.1, 0.15) is 0 Å². The Hall–Kier alpha value is -3.30. The molecule has 1 aliphatic rings. The Morgan fingerprint density at radius 1 is 1.21 bits per heavy atom. The summed E-state index contributed by atoms with van der Waals surface area (Å²) in [6.07, 6.45) is 1.99. The number of benzene rings is 1. The summed E-state index contributed by atoms with van der Waals surface area (Å²) in [4.78, 5) is 36.1. The number of ether oxygens (including phenoxy) is 3. The lowest BCUT2D eigenvalue weighted by atomic mass is 9.92. The fraction of sp³-hybridized carbons (Fsp3) is 0.474. The summed E-state index contributed by atoms with van der Waals surface area (Å²) in [6.45, 7) is 3.76. The summed E-state index contributed by atoms with van der Waals surface area (Å²) in [6, 6.07) is 0.967. The van der Waals surface area contributed by atoms with Gasteiger partial charge in [0.05, 0.1) is 49.0 Å². The Kier molecular flexibility index (Phi) is 7.40. The van der Waals surface area contributed by atoms with Gasteiger partial charge in [-0.15, -0.1) is 0 Å². The highest BCUT2D eigenvalue weighted by Gasteiger charge is 2.37. The van der Waals surface area contributed by atoms with Crippen LogP contribution in [0.2, 0.25) is 0 Å². The van der Waals surface area contributed by atoms with Crippen molar-refractivity contribution in [3.8, 4) is 11.5 Å². The first-order valence-corrected chi connectivity index (χ1v) is 9.25. The average molecular weight is 407 g/mol. The predicted octanol–water partition coefficient (Wildman–Crippen LogP) is 2.97. The topological polar surface area (TPSA) is 129 Å². The number of rotatable bonds is 9. The molecule has 1 heterocycles. The minimum atomic E-state index is -1.07. The molecule has 0 bridgehead atoms. The van der Waals surface area contributed by atoms with E-state index in [0.717, 1.165) is 12.8 Å². The molecule has 1 aromatic carbocycles. The van der Waals surface area contributed by atoms with Crippen LogP contribution in [0.5, 0.6) is 11.5 Å². The number of carbonyl (C=O) groups excluding carboxylic acids is 2. The van der Waals surface area contributed by atoms with E-state index in [0.29, 0.717) is 12.1 Å². The quantitative estimate of drug-likeness (QED) is 0.366. The lowest BCUT2D eigenvalue weighted by molar-refractivity contribution is -0.385. The summed E-state index contributed by atoms with van der Waals surface area (Å²) < 4.78 is 15.6. The van der Waals surface area contributed by atoms with E-state index in [1.165, 1.54) is 26.4 Å². The van der Waals surface area contributed by atoms with Crippen LogP contribution in [-0.2, 0) is 9.53 Å². The number of methoxy groups -OCH3 is 2. The van der Waals surface area contributed by atoms with Gasteiger partial charge in [-0.1, -0.05) is 13.3 Å².